The molecule has 0 aliphatic heterocycles. The second-order valence-corrected chi connectivity index (χ2v) is 2.80. The summed E-state index contributed by atoms with van der Waals surface area (Å²) in [5.41, 5.74) is 2.14. The van der Waals surface area contributed by atoms with Crippen LogP contribution in [-0.2, 0) is 13.5 Å². The summed E-state index contributed by atoms with van der Waals surface area (Å²) in [6.45, 7) is 2.08. The van der Waals surface area contributed by atoms with Crippen LogP contribution >= 0.6 is 0 Å². The number of aromatic nitrogens is 1. The summed E-state index contributed by atoms with van der Waals surface area (Å²) >= 11 is 0. The largest absolute Gasteiger partial charge is 0.319 e. The van der Waals surface area contributed by atoms with Crippen LogP contribution in [0.4, 0.5) is 0 Å². The van der Waals surface area contributed by atoms with Gasteiger partial charge < -0.3 is 4.57 Å². The Morgan fingerprint density at radius 3 is 2.73 bits per heavy atom. The van der Waals surface area contributed by atoms with E-state index >= 15 is 0 Å². The number of nitrogens with zero attached hydrogens (tertiary/aromatic N) is 1. The highest BCUT2D eigenvalue weighted by atomic mass is 16.1. The van der Waals surface area contributed by atoms with Crippen molar-refractivity contribution >= 4 is 13.3 Å². The van der Waals surface area contributed by atoms with Crippen molar-refractivity contribution in [1.29, 1.82) is 0 Å². The van der Waals surface area contributed by atoms with Crippen LogP contribution in [0.2, 0.25) is 0 Å². The summed E-state index contributed by atoms with van der Waals surface area (Å²) in [6.07, 6.45) is 2.87. The minimum Gasteiger partial charge on any atom is -0.319 e. The minimum atomic E-state index is 0.0993. The molecule has 1 rings (SSSR count). The van der Waals surface area contributed by atoms with Gasteiger partial charge in [-0.05, 0) is 17.4 Å². The molecule has 0 radical (unpaired) electrons. The molecule has 0 fully saturated rings. The van der Waals surface area contributed by atoms with E-state index in [1.54, 1.807) is 11.6 Å². The van der Waals surface area contributed by atoms with Gasteiger partial charge in [0.2, 0.25) is 5.56 Å². The van der Waals surface area contributed by atoms with Crippen molar-refractivity contribution in [1.82, 2.24) is 4.57 Å². The van der Waals surface area contributed by atoms with Crippen LogP contribution in [0, 0.1) is 0 Å². The van der Waals surface area contributed by atoms with E-state index < -0.39 is 0 Å². The predicted octanol–water partition coefficient (Wildman–Crippen LogP) is -0.794. The van der Waals surface area contributed by atoms with E-state index in [1.807, 2.05) is 20.1 Å². The number of aryl methyl sites for hydroxylation is 2. The van der Waals surface area contributed by atoms with Crippen LogP contribution in [0.3, 0.4) is 0 Å². The lowest BCUT2D eigenvalue weighted by atomic mass is 9.96. The third-order valence-corrected chi connectivity index (χ3v) is 1.83. The first-order valence-electron chi connectivity index (χ1n) is 3.81. The van der Waals surface area contributed by atoms with E-state index in [4.69, 9.17) is 0 Å². The first kappa shape index (κ1) is 8.11. The molecule has 0 amide bonds. The van der Waals surface area contributed by atoms with Crippen LogP contribution in [0.15, 0.2) is 17.1 Å². The van der Waals surface area contributed by atoms with E-state index in [2.05, 4.69) is 6.92 Å². The molecule has 0 saturated carbocycles. The number of hydrogen-bond donors (Lipinski definition) is 0. The fraction of sp³-hybridized carbons (Fsp3) is 0.375. The van der Waals surface area contributed by atoms with Gasteiger partial charge in [-0.3, -0.25) is 4.79 Å². The maximum absolute atomic E-state index is 11.2. The molecule has 0 spiro atoms. The molecule has 0 N–H and O–H groups in total. The lowest BCUT2D eigenvalue weighted by Crippen LogP contribution is -2.33. The number of rotatable bonds is 1. The van der Waals surface area contributed by atoms with Gasteiger partial charge in [0, 0.05) is 13.2 Å². The first-order valence-corrected chi connectivity index (χ1v) is 3.81. The van der Waals surface area contributed by atoms with Gasteiger partial charge in [-0.25, -0.2) is 0 Å². The van der Waals surface area contributed by atoms with Gasteiger partial charge in [-0.1, -0.05) is 13.0 Å². The topological polar surface area (TPSA) is 22.0 Å². The average molecular weight is 149 g/mol. The van der Waals surface area contributed by atoms with Gasteiger partial charge in [0.25, 0.3) is 0 Å². The zero-order chi connectivity index (χ0) is 8.43. The predicted molar refractivity (Wildman–Crippen MR) is 49.2 cm³/mol. The molecule has 0 bridgehead atoms. The molecule has 0 saturated heterocycles. The highest BCUT2D eigenvalue weighted by molar-refractivity contribution is 6.32. The van der Waals surface area contributed by atoms with Gasteiger partial charge in [0.1, 0.15) is 7.85 Å². The lowest BCUT2D eigenvalue weighted by molar-refractivity contribution is 0.850. The Labute approximate surface area is 67.3 Å². The number of pyridine rings is 1. The maximum atomic E-state index is 11.2. The summed E-state index contributed by atoms with van der Waals surface area (Å²) in [4.78, 5) is 11.2. The van der Waals surface area contributed by atoms with Gasteiger partial charge in [0.05, 0.1) is 0 Å². The highest BCUT2D eigenvalue weighted by Gasteiger charge is 1.97. The SMILES string of the molecule is Bc1cc(CC)cn(C)c1=O. The van der Waals surface area contributed by atoms with E-state index in [0.29, 0.717) is 0 Å². The van der Waals surface area contributed by atoms with Crippen LogP contribution in [0.5, 0.6) is 0 Å². The van der Waals surface area contributed by atoms with Gasteiger partial charge in [0.15, 0.2) is 0 Å². The van der Waals surface area contributed by atoms with Crippen molar-refractivity contribution in [3.05, 3.63) is 28.2 Å². The molecule has 1 aromatic rings. The van der Waals surface area contributed by atoms with Crippen molar-refractivity contribution in [2.24, 2.45) is 7.05 Å². The molecule has 11 heavy (non-hydrogen) atoms. The Bertz CT molecular complexity index is 290. The second kappa shape index (κ2) is 2.95. The third kappa shape index (κ3) is 1.53. The van der Waals surface area contributed by atoms with Crippen LogP contribution in [-0.4, -0.2) is 12.4 Å². The smallest absolute Gasteiger partial charge is 0.243 e. The zero-order valence-electron chi connectivity index (χ0n) is 7.22. The Morgan fingerprint density at radius 1 is 1.64 bits per heavy atom. The Hall–Kier alpha value is -0.985. The molecule has 2 nitrogen and oxygen atoms in total. The molecule has 58 valence electrons. The molecule has 1 heterocycles. The van der Waals surface area contributed by atoms with Gasteiger partial charge >= 0.3 is 0 Å². The van der Waals surface area contributed by atoms with Crippen molar-refractivity contribution in [3.63, 3.8) is 0 Å². The normalized spacial score (nSPS) is 10.0. The third-order valence-electron chi connectivity index (χ3n) is 1.83. The Kier molecular flexibility index (Phi) is 2.18. The second-order valence-electron chi connectivity index (χ2n) is 2.80. The first-order chi connectivity index (χ1) is 5.15. The average Bonchev–Trinajstić information content (AvgIpc) is 1.99. The van der Waals surface area contributed by atoms with Crippen LogP contribution in [0.25, 0.3) is 0 Å². The molecule has 1 aromatic heterocycles. The highest BCUT2D eigenvalue weighted by Crippen LogP contribution is 1.92. The zero-order valence-corrected chi connectivity index (χ0v) is 7.22. The fourth-order valence-corrected chi connectivity index (χ4v) is 1.16. The van der Waals surface area contributed by atoms with E-state index in [-0.39, 0.29) is 5.56 Å². The molecule has 0 aliphatic carbocycles. The molecular formula is C8H12BNO. The van der Waals surface area contributed by atoms with Crippen molar-refractivity contribution in [3.8, 4) is 0 Å². The van der Waals surface area contributed by atoms with Gasteiger partial charge in [-0.2, -0.15) is 0 Å². The Balaban J connectivity index is 3.32. The standard InChI is InChI=1S/C8H12BNO/c1-3-6-4-7(9)8(11)10(2)5-6/h4-5H,3,9H2,1-2H3. The van der Waals surface area contributed by atoms with Crippen molar-refractivity contribution in [2.75, 3.05) is 0 Å². The minimum absolute atomic E-state index is 0.0993. The van der Waals surface area contributed by atoms with Gasteiger partial charge in [-0.15, -0.1) is 0 Å². The van der Waals surface area contributed by atoms with Crippen molar-refractivity contribution in [2.45, 2.75) is 13.3 Å². The fourth-order valence-electron chi connectivity index (χ4n) is 1.16. The summed E-state index contributed by atoms with van der Waals surface area (Å²) in [5, 5.41) is 0. The number of hydrogen-bond acceptors (Lipinski definition) is 1. The van der Waals surface area contributed by atoms with Crippen LogP contribution < -0.4 is 11.0 Å². The summed E-state index contributed by atoms with van der Waals surface area (Å²) in [7, 11) is 3.63. The van der Waals surface area contributed by atoms with E-state index in [1.165, 1.54) is 5.56 Å². The summed E-state index contributed by atoms with van der Waals surface area (Å²) in [5.74, 6) is 0. The van der Waals surface area contributed by atoms with Crippen LogP contribution in [0.1, 0.15) is 12.5 Å². The molecule has 0 aliphatic rings. The molecule has 3 heteroatoms. The van der Waals surface area contributed by atoms with Crippen molar-refractivity contribution < 1.29 is 0 Å². The summed E-state index contributed by atoms with van der Waals surface area (Å²) in [6, 6.07) is 1.95. The quantitative estimate of drug-likeness (QED) is 0.479. The monoisotopic (exact) mass is 149 g/mol. The van der Waals surface area contributed by atoms with E-state index in [9.17, 15) is 4.79 Å². The molecular weight excluding hydrogens is 137 g/mol. The lowest BCUT2D eigenvalue weighted by Gasteiger charge is -2.02. The van der Waals surface area contributed by atoms with E-state index in [0.717, 1.165) is 11.9 Å². The molecule has 0 unspecified atom stereocenters. The Morgan fingerprint density at radius 2 is 2.27 bits per heavy atom. The maximum Gasteiger partial charge on any atom is 0.243 e. The summed E-state index contributed by atoms with van der Waals surface area (Å²) < 4.78 is 1.63. The molecule has 0 aromatic carbocycles. The molecule has 0 atom stereocenters.